The summed E-state index contributed by atoms with van der Waals surface area (Å²) in [5.41, 5.74) is 0. The van der Waals surface area contributed by atoms with Crippen molar-refractivity contribution in [2.45, 2.75) is 25.4 Å². The highest BCUT2D eigenvalue weighted by Gasteiger charge is 2.34. The first kappa shape index (κ1) is 19.3. The number of aryl methyl sites for hydroxylation is 1. The smallest absolute Gasteiger partial charge is 0.387 e. The molecule has 152 valence electrons. The minimum atomic E-state index is -2.90. The van der Waals surface area contributed by atoms with Gasteiger partial charge in [0.1, 0.15) is 0 Å². The summed E-state index contributed by atoms with van der Waals surface area (Å²) in [4.78, 5) is 29.1. The zero-order chi connectivity index (χ0) is 19.7. The van der Waals surface area contributed by atoms with E-state index in [0.29, 0.717) is 32.6 Å². The lowest BCUT2D eigenvalue weighted by molar-refractivity contribution is -0.133. The predicted molar refractivity (Wildman–Crippen MR) is 104 cm³/mol. The molecule has 2 aliphatic heterocycles. The fourth-order valence-electron chi connectivity index (χ4n) is 3.71. The third-order valence-electron chi connectivity index (χ3n) is 5.27. The van der Waals surface area contributed by atoms with Crippen LogP contribution in [0.5, 0.6) is 0 Å². The van der Waals surface area contributed by atoms with Crippen LogP contribution in [0.2, 0.25) is 0 Å². The maximum absolute atomic E-state index is 12.5. The first-order chi connectivity index (χ1) is 13.4. The van der Waals surface area contributed by atoms with Gasteiger partial charge in [-0.25, -0.2) is 13.2 Å². The molecule has 2 aromatic rings. The molecule has 9 nitrogen and oxygen atoms in total. The van der Waals surface area contributed by atoms with Gasteiger partial charge in [-0.3, -0.25) is 9.69 Å². The van der Waals surface area contributed by atoms with Gasteiger partial charge in [0, 0.05) is 38.6 Å². The number of nitrogens with zero attached hydrogens (tertiary/aromatic N) is 4. The molecule has 1 amide bonds. The van der Waals surface area contributed by atoms with Crippen LogP contribution in [0, 0.1) is 0 Å². The minimum absolute atomic E-state index is 0.0359. The molecule has 0 N–H and O–H groups in total. The monoisotopic (exact) mass is 426 g/mol. The second-order valence-electron chi connectivity index (χ2n) is 7.10. The molecule has 28 heavy (non-hydrogen) atoms. The molecular formula is C17H22N4O5S2. The molecule has 0 aromatic carbocycles. The number of piperazine rings is 1. The number of sulfone groups is 1. The summed E-state index contributed by atoms with van der Waals surface area (Å²) in [6.45, 7) is 2.68. The van der Waals surface area contributed by atoms with Crippen LogP contribution in [-0.2, 0) is 21.2 Å². The number of rotatable bonds is 5. The van der Waals surface area contributed by atoms with E-state index in [2.05, 4.69) is 10.00 Å². The Hall–Kier alpha value is -1.98. The van der Waals surface area contributed by atoms with Gasteiger partial charge in [-0.1, -0.05) is 6.07 Å². The van der Waals surface area contributed by atoms with Gasteiger partial charge in [-0.05, 0) is 17.9 Å². The van der Waals surface area contributed by atoms with E-state index in [4.69, 9.17) is 4.42 Å². The molecular weight excluding hydrogens is 404 g/mol. The summed E-state index contributed by atoms with van der Waals surface area (Å²) in [6, 6.07) is 3.75. The third kappa shape index (κ3) is 4.20. The second kappa shape index (κ2) is 7.80. The first-order valence-electron chi connectivity index (χ1n) is 9.25. The number of hydrogen-bond acceptors (Lipinski definition) is 8. The number of aromatic nitrogens is 2. The van der Waals surface area contributed by atoms with Crippen LogP contribution in [-0.4, -0.2) is 77.6 Å². The highest BCUT2D eigenvalue weighted by Crippen LogP contribution is 2.21. The average molecular weight is 427 g/mol. The van der Waals surface area contributed by atoms with Crippen molar-refractivity contribution >= 4 is 27.1 Å². The lowest BCUT2D eigenvalue weighted by Crippen LogP contribution is -2.52. The van der Waals surface area contributed by atoms with Gasteiger partial charge < -0.3 is 9.32 Å². The molecule has 2 aliphatic rings. The average Bonchev–Trinajstić information content (AvgIpc) is 3.40. The SMILES string of the molecule is O=C(CCn1nc(-c2cccs2)oc1=O)N1CCN([C@H]2CCS(=O)(=O)C2)CC1. The summed E-state index contributed by atoms with van der Waals surface area (Å²) in [6.07, 6.45) is 0.853. The molecule has 0 unspecified atom stereocenters. The van der Waals surface area contributed by atoms with Crippen LogP contribution in [0.15, 0.2) is 26.7 Å². The van der Waals surface area contributed by atoms with Gasteiger partial charge in [-0.2, -0.15) is 4.68 Å². The van der Waals surface area contributed by atoms with Crippen molar-refractivity contribution in [2.24, 2.45) is 0 Å². The molecule has 4 rings (SSSR count). The summed E-state index contributed by atoms with van der Waals surface area (Å²) >= 11 is 1.43. The van der Waals surface area contributed by atoms with Crippen LogP contribution in [0.3, 0.4) is 0 Å². The number of thiophene rings is 1. The molecule has 0 saturated carbocycles. The van der Waals surface area contributed by atoms with E-state index in [1.54, 1.807) is 4.90 Å². The van der Waals surface area contributed by atoms with E-state index < -0.39 is 15.6 Å². The second-order valence-corrected chi connectivity index (χ2v) is 10.3. The van der Waals surface area contributed by atoms with Crippen LogP contribution >= 0.6 is 11.3 Å². The largest absolute Gasteiger partial charge is 0.437 e. The van der Waals surface area contributed by atoms with Crippen LogP contribution < -0.4 is 5.76 Å². The molecule has 2 fully saturated rings. The lowest BCUT2D eigenvalue weighted by atomic mass is 10.2. The zero-order valence-corrected chi connectivity index (χ0v) is 17.0. The molecule has 0 spiro atoms. The Morgan fingerprint density at radius 2 is 2.07 bits per heavy atom. The Morgan fingerprint density at radius 3 is 2.71 bits per heavy atom. The Kier molecular flexibility index (Phi) is 5.39. The summed E-state index contributed by atoms with van der Waals surface area (Å²) < 4.78 is 29.6. The molecule has 11 heteroatoms. The highest BCUT2D eigenvalue weighted by atomic mass is 32.2. The van der Waals surface area contributed by atoms with Crippen LogP contribution in [0.1, 0.15) is 12.8 Å². The number of amides is 1. The quantitative estimate of drug-likeness (QED) is 0.676. The molecule has 0 aliphatic carbocycles. The van der Waals surface area contributed by atoms with Crippen LogP contribution in [0.4, 0.5) is 0 Å². The summed E-state index contributed by atoms with van der Waals surface area (Å²) in [5, 5.41) is 6.03. The Balaban J connectivity index is 1.28. The summed E-state index contributed by atoms with van der Waals surface area (Å²) in [7, 11) is -2.90. The van der Waals surface area contributed by atoms with E-state index >= 15 is 0 Å². The van der Waals surface area contributed by atoms with Gasteiger partial charge in [-0.15, -0.1) is 16.4 Å². The first-order valence-corrected chi connectivity index (χ1v) is 12.0. The zero-order valence-electron chi connectivity index (χ0n) is 15.3. The molecule has 0 bridgehead atoms. The van der Waals surface area contributed by atoms with E-state index in [1.807, 2.05) is 17.5 Å². The van der Waals surface area contributed by atoms with Crippen LogP contribution in [0.25, 0.3) is 10.8 Å². The van der Waals surface area contributed by atoms with E-state index in [1.165, 1.54) is 16.0 Å². The van der Waals surface area contributed by atoms with Crippen molar-refractivity contribution in [1.82, 2.24) is 19.6 Å². The third-order valence-corrected chi connectivity index (χ3v) is 7.88. The maximum atomic E-state index is 12.5. The van der Waals surface area contributed by atoms with E-state index in [-0.39, 0.29) is 42.3 Å². The van der Waals surface area contributed by atoms with Crippen molar-refractivity contribution in [1.29, 1.82) is 0 Å². The molecule has 2 saturated heterocycles. The Bertz CT molecular complexity index is 987. The molecule has 4 heterocycles. The van der Waals surface area contributed by atoms with Crippen molar-refractivity contribution in [2.75, 3.05) is 37.7 Å². The fraction of sp³-hybridized carbons (Fsp3) is 0.588. The topological polar surface area (TPSA) is 106 Å². The minimum Gasteiger partial charge on any atom is -0.387 e. The fourth-order valence-corrected chi connectivity index (χ4v) is 6.11. The molecule has 0 radical (unpaired) electrons. The van der Waals surface area contributed by atoms with Crippen molar-refractivity contribution < 1.29 is 17.6 Å². The predicted octanol–water partition coefficient (Wildman–Crippen LogP) is 0.286. The number of carbonyl (C=O) groups excluding carboxylic acids is 1. The van der Waals surface area contributed by atoms with Crippen molar-refractivity contribution in [3.63, 3.8) is 0 Å². The van der Waals surface area contributed by atoms with Gasteiger partial charge in [0.2, 0.25) is 5.91 Å². The molecule has 2 aromatic heterocycles. The highest BCUT2D eigenvalue weighted by molar-refractivity contribution is 7.91. The van der Waals surface area contributed by atoms with E-state index in [0.717, 1.165) is 4.88 Å². The maximum Gasteiger partial charge on any atom is 0.437 e. The lowest BCUT2D eigenvalue weighted by Gasteiger charge is -2.37. The Labute approximate surface area is 166 Å². The summed E-state index contributed by atoms with van der Waals surface area (Å²) in [5.74, 6) is 0.154. The van der Waals surface area contributed by atoms with E-state index in [9.17, 15) is 18.0 Å². The van der Waals surface area contributed by atoms with Crippen molar-refractivity contribution in [3.05, 3.63) is 28.1 Å². The number of carbonyl (C=O) groups is 1. The van der Waals surface area contributed by atoms with Crippen molar-refractivity contribution in [3.8, 4) is 10.8 Å². The normalized spacial score (nSPS) is 22.6. The van der Waals surface area contributed by atoms with Gasteiger partial charge >= 0.3 is 5.76 Å². The van der Waals surface area contributed by atoms with Gasteiger partial charge in [0.25, 0.3) is 5.89 Å². The standard InChI is InChI=1S/C17H22N4O5S2/c22-15(3-5-21-17(23)26-16(18-21)14-2-1-10-27-14)20-8-6-19(7-9-20)13-4-11-28(24,25)12-13/h1-2,10,13H,3-9,11-12H2/t13-/m0/s1. The number of hydrogen-bond donors (Lipinski definition) is 0. The van der Waals surface area contributed by atoms with Gasteiger partial charge in [0.15, 0.2) is 9.84 Å². The van der Waals surface area contributed by atoms with Gasteiger partial charge in [0.05, 0.1) is 22.9 Å². The Morgan fingerprint density at radius 1 is 1.29 bits per heavy atom. The molecule has 1 atom stereocenters.